The summed E-state index contributed by atoms with van der Waals surface area (Å²) in [6, 6.07) is 17.6. The Kier molecular flexibility index (Phi) is 5.84. The summed E-state index contributed by atoms with van der Waals surface area (Å²) in [6.45, 7) is 1.45. The molecule has 35 heavy (non-hydrogen) atoms. The van der Waals surface area contributed by atoms with Crippen molar-refractivity contribution < 1.29 is 23.4 Å². The van der Waals surface area contributed by atoms with Gasteiger partial charge in [0.25, 0.3) is 10.0 Å². The van der Waals surface area contributed by atoms with E-state index in [2.05, 4.69) is 4.98 Å². The Morgan fingerprint density at radius 2 is 1.86 bits per heavy atom. The number of aliphatic hydroxyl groups is 2. The molecule has 0 amide bonds. The molecule has 0 aliphatic heterocycles. The summed E-state index contributed by atoms with van der Waals surface area (Å²) in [7, 11) is -2.07. The fraction of sp³-hybridized carbons (Fsp3) is 0.192. The lowest BCUT2D eigenvalue weighted by molar-refractivity contribution is 0.0536. The van der Waals surface area contributed by atoms with E-state index in [0.717, 1.165) is 16.5 Å². The number of hydrogen-bond acceptors (Lipinski definition) is 6. The van der Waals surface area contributed by atoms with Crippen LogP contribution in [0.3, 0.4) is 0 Å². The first-order valence-corrected chi connectivity index (χ1v) is 12.5. The van der Waals surface area contributed by atoms with Crippen molar-refractivity contribution >= 4 is 32.0 Å². The Bertz CT molecular complexity index is 1640. The van der Waals surface area contributed by atoms with Crippen molar-refractivity contribution in [2.75, 3.05) is 13.2 Å². The van der Waals surface area contributed by atoms with Gasteiger partial charge in [-0.2, -0.15) is 0 Å². The Hall–Kier alpha value is -3.66. The SMILES string of the molecule is Cc1ccc(S(=O)(=O)n2c(-c3cn(C)c4ccc(OC[C@@H](O)CO)cc34)cc3cccnc32)cc1. The average Bonchev–Trinajstić information content (AvgIpc) is 3.40. The molecular weight excluding hydrogens is 466 g/mol. The first-order valence-electron chi connectivity index (χ1n) is 11.1. The van der Waals surface area contributed by atoms with Crippen molar-refractivity contribution in [3.63, 3.8) is 0 Å². The number of rotatable bonds is 7. The normalized spacial score (nSPS) is 12.9. The summed E-state index contributed by atoms with van der Waals surface area (Å²) in [5.74, 6) is 0.500. The molecule has 0 saturated heterocycles. The molecule has 9 heteroatoms. The molecule has 3 heterocycles. The monoisotopic (exact) mass is 491 g/mol. The maximum atomic E-state index is 13.9. The highest BCUT2D eigenvalue weighted by molar-refractivity contribution is 7.90. The molecule has 0 aliphatic rings. The highest BCUT2D eigenvalue weighted by atomic mass is 32.2. The second kappa shape index (κ2) is 8.84. The third kappa shape index (κ3) is 4.07. The zero-order valence-corrected chi connectivity index (χ0v) is 20.1. The van der Waals surface area contributed by atoms with Crippen molar-refractivity contribution in [3.8, 4) is 17.0 Å². The minimum absolute atomic E-state index is 0.0594. The zero-order valence-electron chi connectivity index (χ0n) is 19.3. The van der Waals surface area contributed by atoms with E-state index in [4.69, 9.17) is 9.84 Å². The van der Waals surface area contributed by atoms with E-state index in [9.17, 15) is 13.5 Å². The van der Waals surface area contributed by atoms with Crippen LogP contribution in [-0.2, 0) is 17.1 Å². The Morgan fingerprint density at radius 1 is 1.09 bits per heavy atom. The van der Waals surface area contributed by atoms with Crippen molar-refractivity contribution in [2.24, 2.45) is 7.05 Å². The maximum Gasteiger partial charge on any atom is 0.269 e. The lowest BCUT2D eigenvalue weighted by atomic mass is 10.1. The molecule has 0 aliphatic carbocycles. The topological polar surface area (TPSA) is 107 Å². The van der Waals surface area contributed by atoms with E-state index >= 15 is 0 Å². The number of fused-ring (bicyclic) bond motifs is 2. The summed E-state index contributed by atoms with van der Waals surface area (Å²) in [5, 5.41) is 20.2. The average molecular weight is 492 g/mol. The van der Waals surface area contributed by atoms with Crippen LogP contribution in [0.2, 0.25) is 0 Å². The van der Waals surface area contributed by atoms with Crippen molar-refractivity contribution in [2.45, 2.75) is 17.9 Å². The van der Waals surface area contributed by atoms with Crippen molar-refractivity contribution in [3.05, 3.63) is 78.6 Å². The third-order valence-corrected chi connectivity index (χ3v) is 7.69. The molecular formula is C26H25N3O5S. The van der Waals surface area contributed by atoms with Crippen LogP contribution in [0.5, 0.6) is 5.75 Å². The summed E-state index contributed by atoms with van der Waals surface area (Å²) in [5.41, 5.74) is 3.38. The predicted octanol–water partition coefficient (Wildman–Crippen LogP) is 3.47. The van der Waals surface area contributed by atoms with Gasteiger partial charge in [0, 0.05) is 41.3 Å². The van der Waals surface area contributed by atoms with Crippen LogP contribution < -0.4 is 4.74 Å². The first kappa shape index (κ1) is 23.1. The molecule has 0 bridgehead atoms. The van der Waals surface area contributed by atoms with Gasteiger partial charge in [-0.15, -0.1) is 0 Å². The van der Waals surface area contributed by atoms with Gasteiger partial charge in [-0.3, -0.25) is 0 Å². The van der Waals surface area contributed by atoms with Crippen LogP contribution in [0.25, 0.3) is 33.2 Å². The molecule has 5 rings (SSSR count). The lowest BCUT2D eigenvalue weighted by Crippen LogP contribution is -2.21. The van der Waals surface area contributed by atoms with Crippen LogP contribution in [0, 0.1) is 6.92 Å². The summed E-state index contributed by atoms with van der Waals surface area (Å²) < 4.78 is 36.6. The second-order valence-electron chi connectivity index (χ2n) is 8.51. The van der Waals surface area contributed by atoms with E-state index in [1.54, 1.807) is 42.6 Å². The number of benzene rings is 2. The fourth-order valence-corrected chi connectivity index (χ4v) is 5.65. The standard InChI is InChI=1S/C26H25N3O5S/c1-17-5-8-21(9-6-17)35(32,33)29-25(12-18-4-3-11-27-26(18)29)23-14-28(2)24-10-7-20(13-22(23)24)34-16-19(31)15-30/h3-14,19,30-31H,15-16H2,1-2H3/t19-/m0/s1. The van der Waals surface area contributed by atoms with Crippen molar-refractivity contribution in [1.29, 1.82) is 0 Å². The van der Waals surface area contributed by atoms with Crippen molar-refractivity contribution in [1.82, 2.24) is 13.5 Å². The molecule has 2 N–H and O–H groups in total. The number of nitrogens with zero attached hydrogens (tertiary/aromatic N) is 3. The highest BCUT2D eigenvalue weighted by Crippen LogP contribution is 2.37. The summed E-state index contributed by atoms with van der Waals surface area (Å²) in [6.07, 6.45) is 2.47. The molecule has 2 aromatic carbocycles. The Balaban J connectivity index is 1.73. The van der Waals surface area contributed by atoms with Crippen LogP contribution in [-0.4, -0.2) is 51.5 Å². The van der Waals surface area contributed by atoms with E-state index in [1.807, 2.05) is 49.0 Å². The Morgan fingerprint density at radius 3 is 2.60 bits per heavy atom. The van der Waals surface area contributed by atoms with Crippen LogP contribution in [0.1, 0.15) is 5.56 Å². The number of pyridine rings is 1. The number of aryl methyl sites for hydroxylation is 2. The van der Waals surface area contributed by atoms with Crippen LogP contribution in [0.15, 0.2) is 78.0 Å². The number of aliphatic hydroxyl groups excluding tert-OH is 2. The maximum absolute atomic E-state index is 13.9. The molecule has 0 spiro atoms. The summed E-state index contributed by atoms with van der Waals surface area (Å²) in [4.78, 5) is 4.58. The van der Waals surface area contributed by atoms with Gasteiger partial charge in [-0.1, -0.05) is 17.7 Å². The molecule has 0 saturated carbocycles. The number of hydrogen-bond donors (Lipinski definition) is 2. The van der Waals surface area contributed by atoms with Crippen LogP contribution >= 0.6 is 0 Å². The van der Waals surface area contributed by atoms with Gasteiger partial charge in [0.05, 0.1) is 17.2 Å². The van der Waals surface area contributed by atoms with Gasteiger partial charge < -0.3 is 19.5 Å². The van der Waals surface area contributed by atoms with Gasteiger partial charge in [-0.25, -0.2) is 17.4 Å². The number of aromatic nitrogens is 3. The summed E-state index contributed by atoms with van der Waals surface area (Å²) >= 11 is 0. The van der Waals surface area contributed by atoms with E-state index in [0.29, 0.717) is 28.0 Å². The second-order valence-corrected chi connectivity index (χ2v) is 10.3. The fourth-order valence-electron chi connectivity index (χ4n) is 4.17. The minimum Gasteiger partial charge on any atom is -0.491 e. The molecule has 5 aromatic rings. The minimum atomic E-state index is -3.96. The van der Waals surface area contributed by atoms with Gasteiger partial charge >= 0.3 is 0 Å². The molecule has 3 aromatic heterocycles. The molecule has 0 fully saturated rings. The lowest BCUT2D eigenvalue weighted by Gasteiger charge is -2.12. The number of ether oxygens (including phenoxy) is 1. The van der Waals surface area contributed by atoms with E-state index in [1.165, 1.54) is 3.97 Å². The van der Waals surface area contributed by atoms with Crippen LogP contribution in [0.4, 0.5) is 0 Å². The van der Waals surface area contributed by atoms with Gasteiger partial charge in [0.2, 0.25) is 0 Å². The largest absolute Gasteiger partial charge is 0.491 e. The molecule has 8 nitrogen and oxygen atoms in total. The predicted molar refractivity (Wildman–Crippen MR) is 134 cm³/mol. The molecule has 180 valence electrons. The third-order valence-electron chi connectivity index (χ3n) is 5.97. The quantitative estimate of drug-likeness (QED) is 0.361. The van der Waals surface area contributed by atoms with Gasteiger partial charge in [0.15, 0.2) is 5.65 Å². The van der Waals surface area contributed by atoms with E-state index < -0.39 is 22.7 Å². The Labute approximate surface area is 202 Å². The zero-order chi connectivity index (χ0) is 24.7. The van der Waals surface area contributed by atoms with Gasteiger partial charge in [-0.05, 0) is 55.5 Å². The van der Waals surface area contributed by atoms with Gasteiger partial charge in [0.1, 0.15) is 18.5 Å². The molecule has 0 radical (unpaired) electrons. The van der Waals surface area contributed by atoms with E-state index in [-0.39, 0.29) is 11.5 Å². The molecule has 0 unspecified atom stereocenters. The smallest absolute Gasteiger partial charge is 0.269 e. The molecule has 1 atom stereocenters. The highest BCUT2D eigenvalue weighted by Gasteiger charge is 2.26. The first-order chi connectivity index (χ1) is 16.8.